The van der Waals surface area contributed by atoms with Crippen LogP contribution in [0.3, 0.4) is 0 Å². The van der Waals surface area contributed by atoms with Crippen LogP contribution in [0, 0.1) is 11.3 Å². The van der Waals surface area contributed by atoms with Crippen LogP contribution in [0.2, 0.25) is 0 Å². The molecule has 4 nitrogen and oxygen atoms in total. The number of hydrogen-bond donors (Lipinski definition) is 2. The van der Waals surface area contributed by atoms with Gasteiger partial charge in [-0.2, -0.15) is 0 Å². The summed E-state index contributed by atoms with van der Waals surface area (Å²) in [6.07, 6.45) is 1.04. The van der Waals surface area contributed by atoms with Gasteiger partial charge < -0.3 is 10.4 Å². The lowest BCUT2D eigenvalue weighted by atomic mass is 9.82. The average molecular weight is 247 g/mol. The summed E-state index contributed by atoms with van der Waals surface area (Å²) in [6, 6.07) is 0. The molecule has 0 heterocycles. The number of alkyl halides is 2. The fourth-order valence-corrected chi connectivity index (χ4v) is 2.67. The summed E-state index contributed by atoms with van der Waals surface area (Å²) < 4.78 is 26.0. The number of hydrogen-bond acceptors (Lipinski definition) is 2. The molecule has 1 amide bonds. The fraction of sp³-hybridized carbons (Fsp3) is 0.818. The molecule has 0 bridgehead atoms. The molecule has 2 fully saturated rings. The third-order valence-corrected chi connectivity index (χ3v) is 3.90. The van der Waals surface area contributed by atoms with Gasteiger partial charge in [0.25, 0.3) is 0 Å². The molecule has 2 rings (SSSR count). The molecule has 2 aliphatic carbocycles. The van der Waals surface area contributed by atoms with Gasteiger partial charge in [0.05, 0.1) is 0 Å². The van der Waals surface area contributed by atoms with Crippen LogP contribution < -0.4 is 5.32 Å². The second kappa shape index (κ2) is 3.92. The Hall–Kier alpha value is -1.20. The third-order valence-electron chi connectivity index (χ3n) is 3.90. The maximum atomic E-state index is 13.0. The zero-order valence-electron chi connectivity index (χ0n) is 9.34. The number of amides is 1. The molecule has 0 saturated heterocycles. The molecule has 0 aliphatic heterocycles. The minimum Gasteiger partial charge on any atom is -0.480 e. The second-order valence-electron chi connectivity index (χ2n) is 5.09. The van der Waals surface area contributed by atoms with Crippen molar-refractivity contribution in [1.29, 1.82) is 0 Å². The predicted molar refractivity (Wildman–Crippen MR) is 54.6 cm³/mol. The number of nitrogens with one attached hydrogen (secondary N) is 1. The van der Waals surface area contributed by atoms with Crippen molar-refractivity contribution in [2.75, 3.05) is 6.54 Å². The maximum Gasteiger partial charge on any atom is 0.322 e. The Morgan fingerprint density at radius 3 is 2.35 bits per heavy atom. The van der Waals surface area contributed by atoms with E-state index in [1.165, 1.54) is 0 Å². The van der Waals surface area contributed by atoms with Crippen LogP contribution in [0.1, 0.15) is 32.1 Å². The van der Waals surface area contributed by atoms with Crippen molar-refractivity contribution < 1.29 is 23.5 Å². The average Bonchev–Trinajstić information content (AvgIpc) is 2.95. The Labute approximate surface area is 97.4 Å². The highest BCUT2D eigenvalue weighted by Crippen LogP contribution is 2.63. The Morgan fingerprint density at radius 1 is 1.24 bits per heavy atom. The molecule has 96 valence electrons. The van der Waals surface area contributed by atoms with Crippen LogP contribution in [0.4, 0.5) is 8.78 Å². The number of carboxylic acids is 1. The van der Waals surface area contributed by atoms with Gasteiger partial charge in [-0.15, -0.1) is 0 Å². The number of rotatable bonds is 3. The van der Waals surface area contributed by atoms with Gasteiger partial charge in [-0.3, -0.25) is 9.59 Å². The molecule has 1 unspecified atom stereocenters. The van der Waals surface area contributed by atoms with Crippen LogP contribution in [0.5, 0.6) is 0 Å². The van der Waals surface area contributed by atoms with Crippen molar-refractivity contribution in [3.63, 3.8) is 0 Å². The molecule has 2 saturated carbocycles. The van der Waals surface area contributed by atoms with Gasteiger partial charge in [0.2, 0.25) is 11.8 Å². The highest BCUT2D eigenvalue weighted by Gasteiger charge is 2.60. The summed E-state index contributed by atoms with van der Waals surface area (Å²) in [4.78, 5) is 21.9. The molecule has 6 heteroatoms. The molecular weight excluding hydrogens is 232 g/mol. The van der Waals surface area contributed by atoms with Crippen molar-refractivity contribution in [3.8, 4) is 0 Å². The lowest BCUT2D eigenvalue weighted by Gasteiger charge is -2.28. The predicted octanol–water partition coefficient (Wildman–Crippen LogP) is 1.40. The van der Waals surface area contributed by atoms with Crippen LogP contribution in [-0.2, 0) is 9.59 Å². The zero-order chi connectivity index (χ0) is 12.7. The van der Waals surface area contributed by atoms with E-state index in [9.17, 15) is 18.4 Å². The number of carboxylic acid groups (broad SMARTS) is 1. The van der Waals surface area contributed by atoms with Gasteiger partial charge in [-0.1, -0.05) is 0 Å². The molecular formula is C11H15F2NO3. The van der Waals surface area contributed by atoms with E-state index in [2.05, 4.69) is 5.32 Å². The van der Waals surface area contributed by atoms with Gasteiger partial charge in [-0.05, 0) is 24.7 Å². The van der Waals surface area contributed by atoms with E-state index in [0.717, 1.165) is 0 Å². The van der Waals surface area contributed by atoms with E-state index >= 15 is 0 Å². The fourth-order valence-electron chi connectivity index (χ4n) is 2.67. The van der Waals surface area contributed by atoms with Crippen molar-refractivity contribution >= 4 is 11.9 Å². The number of carbonyl (C=O) groups is 2. The summed E-state index contributed by atoms with van der Waals surface area (Å²) in [5.74, 6) is -4.26. The Morgan fingerprint density at radius 2 is 1.82 bits per heavy atom. The van der Waals surface area contributed by atoms with Crippen LogP contribution >= 0.6 is 0 Å². The Kier molecular flexibility index (Phi) is 2.83. The lowest BCUT2D eigenvalue weighted by Crippen LogP contribution is -2.34. The van der Waals surface area contributed by atoms with E-state index in [0.29, 0.717) is 19.3 Å². The smallest absolute Gasteiger partial charge is 0.322 e. The van der Waals surface area contributed by atoms with Gasteiger partial charge in [0.1, 0.15) is 6.54 Å². The van der Waals surface area contributed by atoms with E-state index in [4.69, 9.17) is 5.11 Å². The summed E-state index contributed by atoms with van der Waals surface area (Å²) in [7, 11) is 0. The highest BCUT2D eigenvalue weighted by molar-refractivity contribution is 5.85. The quantitative estimate of drug-likeness (QED) is 0.792. The van der Waals surface area contributed by atoms with E-state index < -0.39 is 18.4 Å². The largest absolute Gasteiger partial charge is 0.480 e. The van der Waals surface area contributed by atoms with Crippen LogP contribution in [0.25, 0.3) is 0 Å². The first kappa shape index (κ1) is 12.3. The molecule has 1 spiro atoms. The van der Waals surface area contributed by atoms with Crippen molar-refractivity contribution in [2.45, 2.75) is 38.0 Å². The first-order valence-electron chi connectivity index (χ1n) is 5.72. The molecule has 0 aromatic rings. The normalized spacial score (nSPS) is 28.7. The highest BCUT2D eigenvalue weighted by atomic mass is 19.3. The van der Waals surface area contributed by atoms with Crippen LogP contribution in [-0.4, -0.2) is 29.5 Å². The van der Waals surface area contributed by atoms with Crippen molar-refractivity contribution in [1.82, 2.24) is 5.32 Å². The zero-order valence-corrected chi connectivity index (χ0v) is 9.34. The van der Waals surface area contributed by atoms with E-state index in [1.54, 1.807) is 0 Å². The SMILES string of the molecule is O=C(O)CNC(=O)C1CC12CCC(F)(F)CC2. The van der Waals surface area contributed by atoms with Gasteiger partial charge in [0, 0.05) is 18.8 Å². The molecule has 0 aromatic carbocycles. The molecule has 0 radical (unpaired) electrons. The number of carbonyl (C=O) groups excluding carboxylic acids is 1. The first-order chi connectivity index (χ1) is 7.85. The van der Waals surface area contributed by atoms with Gasteiger partial charge >= 0.3 is 5.97 Å². The summed E-state index contributed by atoms with van der Waals surface area (Å²) >= 11 is 0. The summed E-state index contributed by atoms with van der Waals surface area (Å²) in [6.45, 7) is -0.401. The second-order valence-corrected chi connectivity index (χ2v) is 5.09. The number of halogens is 2. The summed E-state index contributed by atoms with van der Waals surface area (Å²) in [5.41, 5.74) is -0.274. The molecule has 0 aromatic heterocycles. The molecule has 2 aliphatic rings. The third kappa shape index (κ3) is 2.56. The molecule has 2 N–H and O–H groups in total. The standard InChI is InChI=1S/C11H15F2NO3/c12-11(13)3-1-10(2-4-11)5-7(10)9(17)14-6-8(15)16/h7H,1-6H2,(H,14,17)(H,15,16). The lowest BCUT2D eigenvalue weighted by molar-refractivity contribution is -0.138. The number of aliphatic carboxylic acids is 1. The Bertz CT molecular complexity index is 347. The van der Waals surface area contributed by atoms with Crippen LogP contribution in [0.15, 0.2) is 0 Å². The first-order valence-corrected chi connectivity index (χ1v) is 5.72. The summed E-state index contributed by atoms with van der Waals surface area (Å²) in [5, 5.41) is 10.7. The topological polar surface area (TPSA) is 66.4 Å². The Balaban J connectivity index is 1.83. The van der Waals surface area contributed by atoms with Gasteiger partial charge in [0.15, 0.2) is 0 Å². The minimum absolute atomic E-state index is 0.157. The van der Waals surface area contributed by atoms with Crippen molar-refractivity contribution in [3.05, 3.63) is 0 Å². The van der Waals surface area contributed by atoms with E-state index in [-0.39, 0.29) is 30.1 Å². The molecule has 1 atom stereocenters. The van der Waals surface area contributed by atoms with E-state index in [1.807, 2.05) is 0 Å². The van der Waals surface area contributed by atoms with Crippen molar-refractivity contribution in [2.24, 2.45) is 11.3 Å². The minimum atomic E-state index is -2.59. The maximum absolute atomic E-state index is 13.0. The molecule has 17 heavy (non-hydrogen) atoms. The monoisotopic (exact) mass is 247 g/mol. The van der Waals surface area contributed by atoms with Gasteiger partial charge in [-0.25, -0.2) is 8.78 Å².